The number of hydrogen-bond acceptors (Lipinski definition) is 5. The predicted molar refractivity (Wildman–Crippen MR) is 109 cm³/mol. The molecule has 4 N–H and O–H groups in total. The lowest BCUT2D eigenvalue weighted by atomic mass is 10.1. The van der Waals surface area contributed by atoms with Gasteiger partial charge in [-0.1, -0.05) is 24.3 Å². The van der Waals surface area contributed by atoms with E-state index >= 15 is 0 Å². The number of fused-ring (bicyclic) bond motifs is 1. The summed E-state index contributed by atoms with van der Waals surface area (Å²) in [5.41, 5.74) is 3.26. The molecule has 0 radical (unpaired) electrons. The number of rotatable bonds is 7. The van der Waals surface area contributed by atoms with Gasteiger partial charge in [-0.05, 0) is 36.2 Å². The standard InChI is InChI=1S/C21H19N5O2/c27-21(28)14-4-3-5-16(10-14)26-20-11-19(24-13-25-20)22-9-8-15-12-23-18-7-2-1-6-17(15)18/h1-7,10-13,23H,8-9H2,(H,27,28)(H2,22,24,25,26). The third-order valence-corrected chi connectivity index (χ3v) is 4.42. The van der Waals surface area contributed by atoms with E-state index in [0.717, 1.165) is 18.5 Å². The number of aromatic carboxylic acids is 1. The highest BCUT2D eigenvalue weighted by Crippen LogP contribution is 2.19. The molecule has 0 unspecified atom stereocenters. The summed E-state index contributed by atoms with van der Waals surface area (Å²) in [6, 6.07) is 16.6. The van der Waals surface area contributed by atoms with Crippen molar-refractivity contribution in [3.63, 3.8) is 0 Å². The van der Waals surface area contributed by atoms with Crippen molar-refractivity contribution in [1.29, 1.82) is 0 Å². The summed E-state index contributed by atoms with van der Waals surface area (Å²) in [6.07, 6.45) is 4.36. The highest BCUT2D eigenvalue weighted by atomic mass is 16.4. The fourth-order valence-electron chi connectivity index (χ4n) is 3.06. The number of carbonyl (C=O) groups is 1. The Morgan fingerprint density at radius 1 is 1.04 bits per heavy atom. The normalized spacial score (nSPS) is 10.7. The summed E-state index contributed by atoms with van der Waals surface area (Å²) < 4.78 is 0. The van der Waals surface area contributed by atoms with Crippen molar-refractivity contribution in [1.82, 2.24) is 15.0 Å². The first-order valence-electron chi connectivity index (χ1n) is 8.90. The molecule has 0 spiro atoms. The zero-order valence-corrected chi connectivity index (χ0v) is 15.0. The zero-order valence-electron chi connectivity index (χ0n) is 15.0. The Hall–Kier alpha value is -3.87. The molecule has 2 aromatic heterocycles. The third-order valence-electron chi connectivity index (χ3n) is 4.42. The van der Waals surface area contributed by atoms with Crippen molar-refractivity contribution in [3.05, 3.63) is 78.2 Å². The summed E-state index contributed by atoms with van der Waals surface area (Å²) >= 11 is 0. The maximum absolute atomic E-state index is 11.1. The molecule has 4 aromatic rings. The quantitative estimate of drug-likeness (QED) is 0.390. The Labute approximate surface area is 161 Å². The average molecular weight is 373 g/mol. The smallest absolute Gasteiger partial charge is 0.335 e. The maximum Gasteiger partial charge on any atom is 0.335 e. The van der Waals surface area contributed by atoms with E-state index in [1.165, 1.54) is 17.3 Å². The lowest BCUT2D eigenvalue weighted by molar-refractivity contribution is 0.0697. The van der Waals surface area contributed by atoms with E-state index < -0.39 is 5.97 Å². The van der Waals surface area contributed by atoms with E-state index in [9.17, 15) is 4.79 Å². The van der Waals surface area contributed by atoms with Gasteiger partial charge >= 0.3 is 5.97 Å². The van der Waals surface area contributed by atoms with Crippen LogP contribution in [0.3, 0.4) is 0 Å². The third kappa shape index (κ3) is 3.93. The summed E-state index contributed by atoms with van der Waals surface area (Å²) in [7, 11) is 0. The Morgan fingerprint density at radius 3 is 2.79 bits per heavy atom. The largest absolute Gasteiger partial charge is 0.478 e. The Kier molecular flexibility index (Phi) is 4.88. The van der Waals surface area contributed by atoms with Crippen LogP contribution in [-0.2, 0) is 6.42 Å². The maximum atomic E-state index is 11.1. The van der Waals surface area contributed by atoms with Gasteiger partial charge in [-0.25, -0.2) is 14.8 Å². The molecule has 0 amide bonds. The summed E-state index contributed by atoms with van der Waals surface area (Å²) in [5, 5.41) is 16.7. The SMILES string of the molecule is O=C(O)c1cccc(Nc2cc(NCCc3c[nH]c4ccccc34)ncn2)c1. The van der Waals surface area contributed by atoms with E-state index in [0.29, 0.717) is 17.3 Å². The molecule has 4 rings (SSSR count). The molecule has 2 aromatic carbocycles. The van der Waals surface area contributed by atoms with Crippen molar-refractivity contribution in [2.24, 2.45) is 0 Å². The number of nitrogens with zero attached hydrogens (tertiary/aromatic N) is 2. The predicted octanol–water partition coefficient (Wildman–Crippen LogP) is 4.05. The van der Waals surface area contributed by atoms with Crippen LogP contribution in [0.1, 0.15) is 15.9 Å². The first-order chi connectivity index (χ1) is 13.7. The lowest BCUT2D eigenvalue weighted by Crippen LogP contribution is -2.07. The Balaban J connectivity index is 1.40. The molecule has 7 heteroatoms. The zero-order chi connectivity index (χ0) is 19.3. The number of aromatic nitrogens is 3. The molecule has 7 nitrogen and oxygen atoms in total. The molecule has 140 valence electrons. The van der Waals surface area contributed by atoms with Crippen molar-refractivity contribution >= 4 is 34.2 Å². The second-order valence-electron chi connectivity index (χ2n) is 6.34. The number of aromatic amines is 1. The molecule has 2 heterocycles. The monoisotopic (exact) mass is 373 g/mol. The average Bonchev–Trinajstić information content (AvgIpc) is 3.12. The molecular weight excluding hydrogens is 354 g/mol. The molecule has 0 saturated heterocycles. The van der Waals surface area contributed by atoms with Crippen molar-refractivity contribution < 1.29 is 9.90 Å². The lowest BCUT2D eigenvalue weighted by Gasteiger charge is -2.09. The number of carboxylic acid groups (broad SMARTS) is 1. The molecule has 28 heavy (non-hydrogen) atoms. The van der Waals surface area contributed by atoms with Crippen LogP contribution in [0.2, 0.25) is 0 Å². The van der Waals surface area contributed by atoms with E-state index in [-0.39, 0.29) is 5.56 Å². The fourth-order valence-corrected chi connectivity index (χ4v) is 3.06. The number of anilines is 3. The highest BCUT2D eigenvalue weighted by molar-refractivity contribution is 5.89. The van der Waals surface area contributed by atoms with Crippen LogP contribution in [0.5, 0.6) is 0 Å². The molecule has 0 aliphatic heterocycles. The van der Waals surface area contributed by atoms with Gasteiger partial charge < -0.3 is 20.7 Å². The number of carboxylic acids is 1. The fraction of sp³-hybridized carbons (Fsp3) is 0.0952. The molecule has 0 saturated carbocycles. The van der Waals surface area contributed by atoms with Gasteiger partial charge in [-0.2, -0.15) is 0 Å². The van der Waals surface area contributed by atoms with Crippen LogP contribution in [-0.4, -0.2) is 32.6 Å². The van der Waals surface area contributed by atoms with Crippen LogP contribution in [0.25, 0.3) is 10.9 Å². The second kappa shape index (κ2) is 7.79. The van der Waals surface area contributed by atoms with Gasteiger partial charge in [-0.3, -0.25) is 0 Å². The first-order valence-corrected chi connectivity index (χ1v) is 8.90. The van der Waals surface area contributed by atoms with Crippen LogP contribution < -0.4 is 10.6 Å². The van der Waals surface area contributed by atoms with Gasteiger partial charge in [0.15, 0.2) is 0 Å². The van der Waals surface area contributed by atoms with Crippen LogP contribution in [0.15, 0.2) is 67.1 Å². The summed E-state index contributed by atoms with van der Waals surface area (Å²) in [4.78, 5) is 22.8. The number of nitrogens with one attached hydrogen (secondary N) is 3. The molecule has 0 fully saturated rings. The molecule has 0 atom stereocenters. The van der Waals surface area contributed by atoms with Gasteiger partial charge in [0.25, 0.3) is 0 Å². The minimum Gasteiger partial charge on any atom is -0.478 e. The number of hydrogen-bond donors (Lipinski definition) is 4. The second-order valence-corrected chi connectivity index (χ2v) is 6.34. The van der Waals surface area contributed by atoms with Gasteiger partial charge in [0.1, 0.15) is 18.0 Å². The number of H-pyrrole nitrogens is 1. The van der Waals surface area contributed by atoms with Gasteiger partial charge in [0.2, 0.25) is 0 Å². The van der Waals surface area contributed by atoms with Gasteiger partial charge in [0, 0.05) is 35.4 Å². The van der Waals surface area contributed by atoms with Crippen molar-refractivity contribution in [2.45, 2.75) is 6.42 Å². The first kappa shape index (κ1) is 17.5. The summed E-state index contributed by atoms with van der Waals surface area (Å²) in [6.45, 7) is 0.729. The van der Waals surface area contributed by atoms with E-state index in [2.05, 4.69) is 37.7 Å². The minimum atomic E-state index is -0.967. The highest BCUT2D eigenvalue weighted by Gasteiger charge is 2.06. The van der Waals surface area contributed by atoms with Crippen molar-refractivity contribution in [3.8, 4) is 0 Å². The molecule has 0 aliphatic carbocycles. The molecular formula is C21H19N5O2. The number of benzene rings is 2. The topological polar surface area (TPSA) is 103 Å². The minimum absolute atomic E-state index is 0.219. The van der Waals surface area contributed by atoms with Crippen LogP contribution >= 0.6 is 0 Å². The van der Waals surface area contributed by atoms with Crippen LogP contribution in [0, 0.1) is 0 Å². The molecule has 0 bridgehead atoms. The molecule has 0 aliphatic rings. The van der Waals surface area contributed by atoms with Gasteiger partial charge in [0.05, 0.1) is 5.56 Å². The van der Waals surface area contributed by atoms with E-state index in [1.807, 2.05) is 18.3 Å². The van der Waals surface area contributed by atoms with Gasteiger partial charge in [-0.15, -0.1) is 0 Å². The van der Waals surface area contributed by atoms with Crippen molar-refractivity contribution in [2.75, 3.05) is 17.2 Å². The van der Waals surface area contributed by atoms with E-state index in [1.54, 1.807) is 30.3 Å². The Bertz CT molecular complexity index is 1120. The van der Waals surface area contributed by atoms with Crippen LogP contribution in [0.4, 0.5) is 17.3 Å². The Morgan fingerprint density at radius 2 is 1.89 bits per heavy atom. The number of para-hydroxylation sites is 1. The van der Waals surface area contributed by atoms with E-state index in [4.69, 9.17) is 5.11 Å². The summed E-state index contributed by atoms with van der Waals surface area (Å²) in [5.74, 6) is 0.324.